The van der Waals surface area contributed by atoms with Crippen LogP contribution in [0.25, 0.3) is 0 Å². The molecule has 3 fully saturated rings. The fourth-order valence-electron chi connectivity index (χ4n) is 4.08. The van der Waals surface area contributed by atoms with E-state index in [1.54, 1.807) is 0 Å². The summed E-state index contributed by atoms with van der Waals surface area (Å²) in [6.07, 6.45) is 2.62. The van der Waals surface area contributed by atoms with Gasteiger partial charge in [0.15, 0.2) is 0 Å². The maximum atomic E-state index is 12.5. The van der Waals surface area contributed by atoms with Crippen LogP contribution < -0.4 is 5.32 Å². The molecule has 0 aromatic rings. The first-order valence-electron chi connectivity index (χ1n) is 9.86. The second kappa shape index (κ2) is 8.23. The molecule has 0 radical (unpaired) electrons. The molecule has 0 aromatic heterocycles. The summed E-state index contributed by atoms with van der Waals surface area (Å²) in [7, 11) is 1.97. The zero-order valence-electron chi connectivity index (χ0n) is 16.3. The van der Waals surface area contributed by atoms with E-state index in [2.05, 4.69) is 24.1 Å². The number of ether oxygens (including phenoxy) is 2. The molecule has 2 amide bonds. The minimum Gasteiger partial charge on any atom is -0.381 e. The summed E-state index contributed by atoms with van der Waals surface area (Å²) in [4.78, 5) is 28.6. The SMILES string of the molecule is CC(C)CC(=O)N1CC2(C1)CN(C)C(C(=O)NCC1CCOCC1)CO2. The van der Waals surface area contributed by atoms with Gasteiger partial charge in [-0.05, 0) is 31.7 Å². The first kappa shape index (κ1) is 19.6. The highest BCUT2D eigenvalue weighted by atomic mass is 16.5. The maximum absolute atomic E-state index is 12.5. The molecule has 26 heavy (non-hydrogen) atoms. The predicted molar refractivity (Wildman–Crippen MR) is 97.7 cm³/mol. The van der Waals surface area contributed by atoms with Crippen LogP contribution in [0.3, 0.4) is 0 Å². The molecule has 1 N–H and O–H groups in total. The van der Waals surface area contributed by atoms with Gasteiger partial charge in [0.05, 0.1) is 19.7 Å². The van der Waals surface area contributed by atoms with Crippen molar-refractivity contribution in [2.45, 2.75) is 44.8 Å². The molecule has 148 valence electrons. The third-order valence-electron chi connectivity index (χ3n) is 5.72. The van der Waals surface area contributed by atoms with E-state index in [9.17, 15) is 9.59 Å². The predicted octanol–water partition coefficient (Wildman–Crippen LogP) is 0.487. The van der Waals surface area contributed by atoms with Crippen molar-refractivity contribution in [2.75, 3.05) is 53.0 Å². The van der Waals surface area contributed by atoms with Crippen molar-refractivity contribution in [3.05, 3.63) is 0 Å². The van der Waals surface area contributed by atoms with Crippen LogP contribution in [0.5, 0.6) is 0 Å². The van der Waals surface area contributed by atoms with Gasteiger partial charge in [-0.2, -0.15) is 0 Å². The highest BCUT2D eigenvalue weighted by molar-refractivity contribution is 5.82. The van der Waals surface area contributed by atoms with Gasteiger partial charge < -0.3 is 19.7 Å². The van der Waals surface area contributed by atoms with Gasteiger partial charge in [0, 0.05) is 32.7 Å². The van der Waals surface area contributed by atoms with Crippen LogP contribution in [0.2, 0.25) is 0 Å². The van der Waals surface area contributed by atoms with Crippen LogP contribution in [0.15, 0.2) is 0 Å². The molecule has 0 aromatic carbocycles. The van der Waals surface area contributed by atoms with Gasteiger partial charge in [0.25, 0.3) is 0 Å². The molecule has 3 rings (SSSR count). The molecule has 0 bridgehead atoms. The first-order valence-corrected chi connectivity index (χ1v) is 9.86. The Hall–Kier alpha value is -1.18. The Morgan fingerprint density at radius 3 is 2.50 bits per heavy atom. The first-order chi connectivity index (χ1) is 12.4. The van der Waals surface area contributed by atoms with Crippen LogP contribution in [0.1, 0.15) is 33.1 Å². The maximum Gasteiger partial charge on any atom is 0.239 e. The molecule has 3 aliphatic rings. The minimum atomic E-state index is -0.293. The third-order valence-corrected chi connectivity index (χ3v) is 5.72. The number of rotatable bonds is 5. The van der Waals surface area contributed by atoms with Crippen molar-refractivity contribution in [1.29, 1.82) is 0 Å². The highest BCUT2D eigenvalue weighted by Gasteiger charge is 2.51. The largest absolute Gasteiger partial charge is 0.381 e. The summed E-state index contributed by atoms with van der Waals surface area (Å²) < 4.78 is 11.4. The number of likely N-dealkylation sites (N-methyl/N-ethyl adjacent to an activating group) is 1. The van der Waals surface area contributed by atoms with E-state index in [0.717, 1.165) is 32.6 Å². The van der Waals surface area contributed by atoms with Crippen molar-refractivity contribution < 1.29 is 19.1 Å². The van der Waals surface area contributed by atoms with Crippen molar-refractivity contribution in [1.82, 2.24) is 15.1 Å². The number of likely N-dealkylation sites (tertiary alicyclic amines) is 1. The number of hydrogen-bond donors (Lipinski definition) is 1. The monoisotopic (exact) mass is 367 g/mol. The van der Waals surface area contributed by atoms with Gasteiger partial charge in [0.2, 0.25) is 11.8 Å². The molecule has 1 atom stereocenters. The van der Waals surface area contributed by atoms with E-state index in [1.807, 2.05) is 11.9 Å². The summed E-state index contributed by atoms with van der Waals surface area (Å²) in [5.74, 6) is 1.13. The van der Waals surface area contributed by atoms with E-state index in [0.29, 0.717) is 44.5 Å². The zero-order chi connectivity index (χ0) is 18.7. The lowest BCUT2D eigenvalue weighted by molar-refractivity contribution is -0.201. The minimum absolute atomic E-state index is 0.0425. The van der Waals surface area contributed by atoms with Gasteiger partial charge in [-0.3, -0.25) is 14.5 Å². The van der Waals surface area contributed by atoms with Gasteiger partial charge in [-0.25, -0.2) is 0 Å². The van der Waals surface area contributed by atoms with E-state index >= 15 is 0 Å². The number of nitrogens with zero attached hydrogens (tertiary/aromatic N) is 2. The average Bonchev–Trinajstić information content (AvgIpc) is 2.57. The zero-order valence-corrected chi connectivity index (χ0v) is 16.3. The Bertz CT molecular complexity index is 513. The molecular weight excluding hydrogens is 334 g/mol. The summed E-state index contributed by atoms with van der Waals surface area (Å²) in [5, 5.41) is 3.08. The average molecular weight is 367 g/mol. The molecule has 7 nitrogen and oxygen atoms in total. The molecule has 1 unspecified atom stereocenters. The summed E-state index contributed by atoms with van der Waals surface area (Å²) in [6.45, 7) is 8.77. The van der Waals surface area contributed by atoms with Gasteiger partial charge in [0.1, 0.15) is 11.6 Å². The lowest BCUT2D eigenvalue weighted by atomic mass is 9.89. The lowest BCUT2D eigenvalue weighted by Gasteiger charge is -2.54. The van der Waals surface area contributed by atoms with E-state index < -0.39 is 0 Å². The Morgan fingerprint density at radius 1 is 1.19 bits per heavy atom. The smallest absolute Gasteiger partial charge is 0.239 e. The Labute approximate surface area is 156 Å². The number of hydrogen-bond acceptors (Lipinski definition) is 5. The summed E-state index contributed by atoms with van der Waals surface area (Å²) in [6, 6.07) is -0.249. The standard InChI is InChI=1S/C19H33N3O4/c1-14(2)8-17(23)22-12-19(13-22)11-21(3)16(10-26-19)18(24)20-9-15-4-6-25-7-5-15/h14-16H,4-13H2,1-3H3,(H,20,24). The summed E-state index contributed by atoms with van der Waals surface area (Å²) in [5.41, 5.74) is -0.293. The fourth-order valence-corrected chi connectivity index (χ4v) is 4.08. The molecule has 0 saturated carbocycles. The summed E-state index contributed by atoms with van der Waals surface area (Å²) >= 11 is 0. The second-order valence-corrected chi connectivity index (χ2v) is 8.57. The van der Waals surface area contributed by atoms with E-state index in [1.165, 1.54) is 0 Å². The Morgan fingerprint density at radius 2 is 1.88 bits per heavy atom. The van der Waals surface area contributed by atoms with Crippen LogP contribution in [-0.2, 0) is 19.1 Å². The molecule has 7 heteroatoms. The number of carbonyl (C=O) groups is 2. The normalized spacial score (nSPS) is 26.8. The lowest BCUT2D eigenvalue weighted by Crippen LogP contribution is -2.73. The van der Waals surface area contributed by atoms with Gasteiger partial charge in [-0.1, -0.05) is 13.8 Å². The van der Waals surface area contributed by atoms with Crippen LogP contribution >= 0.6 is 0 Å². The molecular formula is C19H33N3O4. The van der Waals surface area contributed by atoms with Gasteiger partial charge in [-0.15, -0.1) is 0 Å². The van der Waals surface area contributed by atoms with E-state index in [4.69, 9.17) is 9.47 Å². The Kier molecular flexibility index (Phi) is 6.20. The third kappa shape index (κ3) is 4.56. The second-order valence-electron chi connectivity index (χ2n) is 8.57. The van der Waals surface area contributed by atoms with E-state index in [-0.39, 0.29) is 23.5 Å². The molecule has 0 aliphatic carbocycles. The van der Waals surface area contributed by atoms with Crippen molar-refractivity contribution in [3.8, 4) is 0 Å². The van der Waals surface area contributed by atoms with Crippen LogP contribution in [0, 0.1) is 11.8 Å². The number of carbonyl (C=O) groups excluding carboxylic acids is 2. The van der Waals surface area contributed by atoms with Crippen molar-refractivity contribution in [3.63, 3.8) is 0 Å². The van der Waals surface area contributed by atoms with Gasteiger partial charge >= 0.3 is 0 Å². The molecule has 3 heterocycles. The number of morpholine rings is 1. The quantitative estimate of drug-likeness (QED) is 0.766. The highest BCUT2D eigenvalue weighted by Crippen LogP contribution is 2.31. The van der Waals surface area contributed by atoms with Crippen LogP contribution in [-0.4, -0.2) is 86.3 Å². The molecule has 3 saturated heterocycles. The van der Waals surface area contributed by atoms with Crippen LogP contribution in [0.4, 0.5) is 0 Å². The Balaban J connectivity index is 1.42. The number of nitrogens with one attached hydrogen (secondary N) is 1. The fraction of sp³-hybridized carbons (Fsp3) is 0.895. The molecule has 3 aliphatic heterocycles. The van der Waals surface area contributed by atoms with Crippen molar-refractivity contribution >= 4 is 11.8 Å². The number of amides is 2. The van der Waals surface area contributed by atoms with Crippen molar-refractivity contribution in [2.24, 2.45) is 11.8 Å². The topological polar surface area (TPSA) is 71.1 Å². The molecule has 1 spiro atoms.